The summed E-state index contributed by atoms with van der Waals surface area (Å²) in [6.07, 6.45) is 1.90. The molecule has 0 fully saturated rings. The van der Waals surface area contributed by atoms with E-state index in [1.807, 2.05) is 36.4 Å². The van der Waals surface area contributed by atoms with Gasteiger partial charge in [0.1, 0.15) is 0 Å². The molecule has 31 heavy (non-hydrogen) atoms. The number of sulfonamides is 1. The van der Waals surface area contributed by atoms with Gasteiger partial charge in [0.2, 0.25) is 10.0 Å². The first-order chi connectivity index (χ1) is 14.7. The minimum atomic E-state index is -3.45. The highest BCUT2D eigenvalue weighted by Gasteiger charge is 2.18. The summed E-state index contributed by atoms with van der Waals surface area (Å²) in [6.45, 7) is 0.703. The summed E-state index contributed by atoms with van der Waals surface area (Å²) in [5.74, 6) is -0.168. The van der Waals surface area contributed by atoms with E-state index in [0.29, 0.717) is 29.2 Å². The van der Waals surface area contributed by atoms with Crippen molar-refractivity contribution < 1.29 is 13.2 Å². The molecule has 5 nitrogen and oxygen atoms in total. The van der Waals surface area contributed by atoms with Crippen LogP contribution >= 0.6 is 34.2 Å². The molecule has 1 amide bonds. The molecule has 3 aromatic carbocycles. The van der Waals surface area contributed by atoms with E-state index >= 15 is 0 Å². The van der Waals surface area contributed by atoms with Crippen LogP contribution in [-0.2, 0) is 23.0 Å². The van der Waals surface area contributed by atoms with Gasteiger partial charge >= 0.3 is 0 Å². The highest BCUT2D eigenvalue weighted by atomic mass is 127. The Labute approximate surface area is 201 Å². The topological polar surface area (TPSA) is 66.5 Å². The molecule has 3 aromatic rings. The zero-order chi connectivity index (χ0) is 22.4. The van der Waals surface area contributed by atoms with Crippen LogP contribution in [0.1, 0.15) is 21.5 Å². The number of benzene rings is 3. The molecule has 0 aliphatic carbocycles. The molecule has 0 saturated heterocycles. The van der Waals surface area contributed by atoms with Crippen molar-refractivity contribution in [2.75, 3.05) is 17.1 Å². The van der Waals surface area contributed by atoms with E-state index in [4.69, 9.17) is 11.6 Å². The van der Waals surface area contributed by atoms with Gasteiger partial charge in [-0.25, -0.2) is 8.42 Å². The Morgan fingerprint density at radius 1 is 0.935 bits per heavy atom. The molecule has 0 spiro atoms. The van der Waals surface area contributed by atoms with Crippen LogP contribution in [-0.4, -0.2) is 27.1 Å². The van der Waals surface area contributed by atoms with Crippen molar-refractivity contribution >= 4 is 55.8 Å². The number of nitrogens with one attached hydrogen (secondary N) is 1. The standard InChI is InChI=1S/C23H22ClIN2O3S/c1-31(29,30)27(22-12-10-21(25)11-13-22)16-18-2-6-19(7-3-18)23(28)26-15-14-17-4-8-20(24)9-5-17/h2-13H,14-16H2,1H3,(H,26,28). The van der Waals surface area contributed by atoms with E-state index in [0.717, 1.165) is 14.7 Å². The lowest BCUT2D eigenvalue weighted by Gasteiger charge is -2.22. The number of carbonyl (C=O) groups is 1. The predicted octanol–water partition coefficient (Wildman–Crippen LogP) is 4.88. The zero-order valence-electron chi connectivity index (χ0n) is 16.9. The molecular weight excluding hydrogens is 547 g/mol. The fraction of sp³-hybridized carbons (Fsp3) is 0.174. The van der Waals surface area contributed by atoms with Gasteiger partial charge in [0.05, 0.1) is 18.5 Å². The van der Waals surface area contributed by atoms with Gasteiger partial charge in [-0.15, -0.1) is 0 Å². The average Bonchev–Trinajstić information content (AvgIpc) is 2.74. The summed E-state index contributed by atoms with van der Waals surface area (Å²) >= 11 is 8.06. The maximum atomic E-state index is 12.4. The summed E-state index contributed by atoms with van der Waals surface area (Å²) in [5, 5.41) is 3.58. The van der Waals surface area contributed by atoms with Crippen molar-refractivity contribution in [3.05, 3.63) is 98.1 Å². The first-order valence-electron chi connectivity index (χ1n) is 9.57. The fourth-order valence-electron chi connectivity index (χ4n) is 3.01. The van der Waals surface area contributed by atoms with E-state index < -0.39 is 10.0 Å². The number of hydrogen-bond donors (Lipinski definition) is 1. The maximum absolute atomic E-state index is 12.4. The molecule has 0 aliphatic heterocycles. The summed E-state index contributed by atoms with van der Waals surface area (Å²) in [7, 11) is -3.45. The predicted molar refractivity (Wildman–Crippen MR) is 134 cm³/mol. The van der Waals surface area contributed by atoms with Crippen molar-refractivity contribution in [1.29, 1.82) is 0 Å². The van der Waals surface area contributed by atoms with Crippen LogP contribution < -0.4 is 9.62 Å². The van der Waals surface area contributed by atoms with Crippen LogP contribution in [0.25, 0.3) is 0 Å². The van der Waals surface area contributed by atoms with Gasteiger partial charge in [-0.1, -0.05) is 35.9 Å². The normalized spacial score (nSPS) is 11.2. The van der Waals surface area contributed by atoms with Crippen LogP contribution in [0.3, 0.4) is 0 Å². The summed E-state index contributed by atoms with van der Waals surface area (Å²) in [4.78, 5) is 12.4. The molecule has 1 N–H and O–H groups in total. The Balaban J connectivity index is 1.62. The molecule has 0 bridgehead atoms. The van der Waals surface area contributed by atoms with Gasteiger partial charge in [0.15, 0.2) is 0 Å². The third kappa shape index (κ3) is 6.95. The van der Waals surface area contributed by atoms with Crippen LogP contribution in [0.15, 0.2) is 72.8 Å². The minimum Gasteiger partial charge on any atom is -0.352 e. The van der Waals surface area contributed by atoms with Crippen molar-refractivity contribution in [3.63, 3.8) is 0 Å². The maximum Gasteiger partial charge on any atom is 0.251 e. The highest BCUT2D eigenvalue weighted by molar-refractivity contribution is 14.1. The van der Waals surface area contributed by atoms with Gasteiger partial charge in [-0.3, -0.25) is 9.10 Å². The van der Waals surface area contributed by atoms with Gasteiger partial charge in [-0.2, -0.15) is 0 Å². The second-order valence-electron chi connectivity index (χ2n) is 7.08. The molecule has 0 atom stereocenters. The number of amides is 1. The number of nitrogens with zero attached hydrogens (tertiary/aromatic N) is 1. The molecule has 0 aliphatic rings. The Morgan fingerprint density at radius 2 is 1.52 bits per heavy atom. The molecule has 0 aromatic heterocycles. The van der Waals surface area contributed by atoms with Crippen LogP contribution in [0.5, 0.6) is 0 Å². The first kappa shape index (κ1) is 23.6. The summed E-state index contributed by atoms with van der Waals surface area (Å²) in [5.41, 5.74) is 3.02. The number of halogens is 2. The minimum absolute atomic E-state index is 0.168. The second-order valence-corrected chi connectivity index (χ2v) is 10.7. The first-order valence-corrected chi connectivity index (χ1v) is 12.9. The van der Waals surface area contributed by atoms with E-state index in [2.05, 4.69) is 27.9 Å². The Kier molecular flexibility index (Phi) is 7.96. The second kappa shape index (κ2) is 10.5. The summed E-state index contributed by atoms with van der Waals surface area (Å²) < 4.78 is 27.0. The monoisotopic (exact) mass is 568 g/mol. The summed E-state index contributed by atoms with van der Waals surface area (Å²) in [6, 6.07) is 21.8. The molecule has 3 rings (SSSR count). The number of anilines is 1. The van der Waals surface area contributed by atoms with E-state index in [-0.39, 0.29) is 12.5 Å². The number of hydrogen-bond acceptors (Lipinski definition) is 3. The largest absolute Gasteiger partial charge is 0.352 e. The van der Waals surface area contributed by atoms with Crippen molar-refractivity contribution in [2.24, 2.45) is 0 Å². The number of carbonyl (C=O) groups excluding carboxylic acids is 1. The van der Waals surface area contributed by atoms with Crippen molar-refractivity contribution in [1.82, 2.24) is 5.32 Å². The quantitative estimate of drug-likeness (QED) is 0.394. The van der Waals surface area contributed by atoms with E-state index in [1.54, 1.807) is 36.4 Å². The molecule has 0 unspecified atom stereocenters. The van der Waals surface area contributed by atoms with Gasteiger partial charge < -0.3 is 5.32 Å². The van der Waals surface area contributed by atoms with Gasteiger partial charge in [0, 0.05) is 20.7 Å². The lowest BCUT2D eigenvalue weighted by molar-refractivity contribution is 0.0954. The molecule has 0 saturated carbocycles. The van der Waals surface area contributed by atoms with Gasteiger partial charge in [-0.05, 0) is 88.7 Å². The van der Waals surface area contributed by atoms with Crippen LogP contribution in [0.2, 0.25) is 5.02 Å². The fourth-order valence-corrected chi connectivity index (χ4v) is 4.38. The molecule has 0 radical (unpaired) electrons. The lowest BCUT2D eigenvalue weighted by Crippen LogP contribution is -2.29. The third-order valence-electron chi connectivity index (χ3n) is 4.67. The Morgan fingerprint density at radius 3 is 2.10 bits per heavy atom. The Bertz CT molecular complexity index is 1130. The van der Waals surface area contributed by atoms with Crippen molar-refractivity contribution in [3.8, 4) is 0 Å². The molecular formula is C23H22ClIN2O3S. The van der Waals surface area contributed by atoms with Gasteiger partial charge in [0.25, 0.3) is 5.91 Å². The zero-order valence-corrected chi connectivity index (χ0v) is 20.6. The lowest BCUT2D eigenvalue weighted by atomic mass is 10.1. The number of rotatable bonds is 8. The van der Waals surface area contributed by atoms with Crippen LogP contribution in [0.4, 0.5) is 5.69 Å². The van der Waals surface area contributed by atoms with E-state index in [1.165, 1.54) is 10.6 Å². The SMILES string of the molecule is CS(=O)(=O)N(Cc1ccc(C(=O)NCCc2ccc(Cl)cc2)cc1)c1ccc(I)cc1. The highest BCUT2D eigenvalue weighted by Crippen LogP contribution is 2.22. The smallest absolute Gasteiger partial charge is 0.251 e. The molecule has 162 valence electrons. The van der Waals surface area contributed by atoms with E-state index in [9.17, 15) is 13.2 Å². The molecule has 8 heteroatoms. The Hall–Kier alpha value is -2.10. The van der Waals surface area contributed by atoms with Crippen LogP contribution in [0, 0.1) is 3.57 Å². The third-order valence-corrected chi connectivity index (χ3v) is 6.78. The molecule has 0 heterocycles. The average molecular weight is 569 g/mol. The van der Waals surface area contributed by atoms with Crippen molar-refractivity contribution in [2.45, 2.75) is 13.0 Å².